The summed E-state index contributed by atoms with van der Waals surface area (Å²) in [5.41, 5.74) is 3.41. The number of nitrogens with one attached hydrogen (secondary N) is 2. The van der Waals surface area contributed by atoms with Crippen molar-refractivity contribution < 1.29 is 9.21 Å². The number of hydrogen-bond acceptors (Lipinski definition) is 4. The SMILES string of the molecule is Cc1cccc(NC(=O)CCN2C(=S)N[C@H](c3ccccn3)[C@@H]2c2ccc(-c3ccc(Cl)cc3Cl)o2)c1. The van der Waals surface area contributed by atoms with Crippen molar-refractivity contribution in [2.75, 3.05) is 11.9 Å². The Bertz CT molecular complexity index is 1440. The first-order chi connectivity index (χ1) is 17.9. The monoisotopic (exact) mass is 550 g/mol. The predicted octanol–water partition coefficient (Wildman–Crippen LogP) is 6.96. The molecule has 0 unspecified atom stereocenters. The number of carbonyl (C=O) groups is 1. The van der Waals surface area contributed by atoms with Crippen LogP contribution in [0.3, 0.4) is 0 Å². The van der Waals surface area contributed by atoms with Crippen molar-refractivity contribution in [1.82, 2.24) is 15.2 Å². The highest BCUT2D eigenvalue weighted by Crippen LogP contribution is 2.41. The molecule has 6 nitrogen and oxygen atoms in total. The number of nitrogens with zero attached hydrogens (tertiary/aromatic N) is 2. The zero-order chi connectivity index (χ0) is 25.9. The molecule has 0 bridgehead atoms. The lowest BCUT2D eigenvalue weighted by molar-refractivity contribution is -0.116. The van der Waals surface area contributed by atoms with Crippen LogP contribution in [-0.2, 0) is 4.79 Å². The average Bonchev–Trinajstić information content (AvgIpc) is 3.47. The molecule has 3 heterocycles. The van der Waals surface area contributed by atoms with E-state index in [0.717, 1.165) is 22.5 Å². The van der Waals surface area contributed by atoms with E-state index in [1.807, 2.05) is 72.5 Å². The maximum atomic E-state index is 12.8. The maximum Gasteiger partial charge on any atom is 0.226 e. The van der Waals surface area contributed by atoms with Crippen LogP contribution in [0.25, 0.3) is 11.3 Å². The molecule has 4 aromatic rings. The molecule has 0 radical (unpaired) electrons. The molecule has 2 atom stereocenters. The van der Waals surface area contributed by atoms with Crippen LogP contribution in [0.15, 0.2) is 83.4 Å². The van der Waals surface area contributed by atoms with Crippen molar-refractivity contribution in [3.8, 4) is 11.3 Å². The molecule has 2 N–H and O–H groups in total. The fourth-order valence-electron chi connectivity index (χ4n) is 4.47. The molecule has 1 fully saturated rings. The van der Waals surface area contributed by atoms with Crippen LogP contribution in [-0.4, -0.2) is 27.4 Å². The highest BCUT2D eigenvalue weighted by atomic mass is 35.5. The van der Waals surface area contributed by atoms with Gasteiger partial charge in [0, 0.05) is 35.4 Å². The first-order valence-electron chi connectivity index (χ1n) is 11.8. The van der Waals surface area contributed by atoms with E-state index in [0.29, 0.717) is 33.2 Å². The number of aryl methyl sites for hydroxylation is 1. The summed E-state index contributed by atoms with van der Waals surface area (Å²) in [5, 5.41) is 7.93. The Labute approximate surface area is 230 Å². The van der Waals surface area contributed by atoms with Crippen LogP contribution in [0.1, 0.15) is 35.5 Å². The van der Waals surface area contributed by atoms with E-state index in [2.05, 4.69) is 15.6 Å². The Morgan fingerprint density at radius 2 is 1.97 bits per heavy atom. The first-order valence-corrected chi connectivity index (χ1v) is 13.0. The molecule has 9 heteroatoms. The zero-order valence-electron chi connectivity index (χ0n) is 19.9. The lowest BCUT2D eigenvalue weighted by Crippen LogP contribution is -2.32. The number of pyridine rings is 1. The first kappa shape index (κ1) is 25.3. The molecule has 188 valence electrons. The summed E-state index contributed by atoms with van der Waals surface area (Å²) < 4.78 is 6.32. The standard InChI is InChI=1S/C28H24Cl2N4O2S/c1-17-5-4-6-19(15-17)32-25(35)12-14-34-27(26(33-28(34)37)22-7-2-3-13-31-22)24-11-10-23(36-24)20-9-8-18(29)16-21(20)30/h2-11,13,15-16,26-27H,12,14H2,1H3,(H,32,35)(H,33,37)/t26-,27+/m1/s1. The number of hydrogen-bond donors (Lipinski definition) is 2. The van der Waals surface area contributed by atoms with Crippen molar-refractivity contribution in [2.45, 2.75) is 25.4 Å². The van der Waals surface area contributed by atoms with Crippen LogP contribution >= 0.6 is 35.4 Å². The molecule has 0 saturated carbocycles. The van der Waals surface area contributed by atoms with E-state index in [9.17, 15) is 4.79 Å². The number of halogens is 2. The van der Waals surface area contributed by atoms with Gasteiger partial charge in [-0.15, -0.1) is 0 Å². The zero-order valence-corrected chi connectivity index (χ0v) is 22.3. The van der Waals surface area contributed by atoms with Gasteiger partial charge in [0.05, 0.1) is 16.8 Å². The quantitative estimate of drug-likeness (QED) is 0.242. The summed E-state index contributed by atoms with van der Waals surface area (Å²) in [6.45, 7) is 2.39. The van der Waals surface area contributed by atoms with Gasteiger partial charge in [-0.1, -0.05) is 41.4 Å². The number of carbonyl (C=O) groups excluding carboxylic acids is 1. The van der Waals surface area contributed by atoms with Crippen LogP contribution in [0.2, 0.25) is 10.0 Å². The summed E-state index contributed by atoms with van der Waals surface area (Å²) in [4.78, 5) is 19.3. The van der Waals surface area contributed by atoms with Gasteiger partial charge in [0.25, 0.3) is 0 Å². The van der Waals surface area contributed by atoms with E-state index < -0.39 is 0 Å². The summed E-state index contributed by atoms with van der Waals surface area (Å²) in [5.74, 6) is 1.20. The Balaban J connectivity index is 1.41. The second kappa shape index (κ2) is 10.9. The third kappa shape index (κ3) is 5.64. The Morgan fingerprint density at radius 1 is 1.11 bits per heavy atom. The van der Waals surface area contributed by atoms with Crippen molar-refractivity contribution in [3.63, 3.8) is 0 Å². The van der Waals surface area contributed by atoms with Gasteiger partial charge in [-0.25, -0.2) is 0 Å². The largest absolute Gasteiger partial charge is 0.459 e. The Hall–Kier alpha value is -3.39. The molecule has 1 aliphatic heterocycles. The fourth-order valence-corrected chi connectivity index (χ4v) is 5.30. The van der Waals surface area contributed by atoms with E-state index in [4.69, 9.17) is 39.8 Å². The molecule has 1 amide bonds. The molecular weight excluding hydrogens is 527 g/mol. The summed E-state index contributed by atoms with van der Waals surface area (Å²) in [6.07, 6.45) is 1.99. The molecule has 0 spiro atoms. The normalized spacial score (nSPS) is 17.1. The summed E-state index contributed by atoms with van der Waals surface area (Å²) >= 11 is 18.2. The number of amides is 1. The average molecular weight is 551 g/mol. The number of furan rings is 1. The second-order valence-corrected chi connectivity index (χ2v) is 10.0. The Morgan fingerprint density at radius 3 is 2.73 bits per heavy atom. The molecule has 2 aromatic carbocycles. The topological polar surface area (TPSA) is 70.4 Å². The number of benzene rings is 2. The number of thiocarbonyl (C=S) groups is 1. The third-order valence-electron chi connectivity index (χ3n) is 6.19. The van der Waals surface area contributed by atoms with Crippen molar-refractivity contribution in [3.05, 3.63) is 106 Å². The predicted molar refractivity (Wildman–Crippen MR) is 151 cm³/mol. The summed E-state index contributed by atoms with van der Waals surface area (Å²) in [7, 11) is 0. The van der Waals surface area contributed by atoms with Gasteiger partial charge in [-0.2, -0.15) is 0 Å². The van der Waals surface area contributed by atoms with Gasteiger partial charge in [0.2, 0.25) is 5.91 Å². The number of aromatic nitrogens is 1. The fraction of sp³-hybridized carbons (Fsp3) is 0.179. The third-order valence-corrected chi connectivity index (χ3v) is 7.09. The van der Waals surface area contributed by atoms with Gasteiger partial charge in [-0.3, -0.25) is 9.78 Å². The minimum Gasteiger partial charge on any atom is -0.459 e. The van der Waals surface area contributed by atoms with Gasteiger partial charge in [-0.05, 0) is 79.3 Å². The minimum atomic E-state index is -0.311. The Kier molecular flexibility index (Phi) is 7.46. The number of anilines is 1. The van der Waals surface area contributed by atoms with Crippen molar-refractivity contribution in [1.29, 1.82) is 0 Å². The smallest absolute Gasteiger partial charge is 0.226 e. The van der Waals surface area contributed by atoms with Crippen molar-refractivity contribution >= 4 is 52.1 Å². The lowest BCUT2D eigenvalue weighted by atomic mass is 10.0. The van der Waals surface area contributed by atoms with Crippen LogP contribution in [0.5, 0.6) is 0 Å². The highest BCUT2D eigenvalue weighted by molar-refractivity contribution is 7.80. The van der Waals surface area contributed by atoms with Gasteiger partial charge in [0.1, 0.15) is 17.6 Å². The second-order valence-electron chi connectivity index (χ2n) is 8.81. The van der Waals surface area contributed by atoms with Gasteiger partial charge >= 0.3 is 0 Å². The summed E-state index contributed by atoms with van der Waals surface area (Å²) in [6, 6.07) is 22.0. The van der Waals surface area contributed by atoms with Crippen LogP contribution in [0.4, 0.5) is 5.69 Å². The molecule has 5 rings (SSSR count). The van der Waals surface area contributed by atoms with Gasteiger partial charge in [0.15, 0.2) is 5.11 Å². The highest BCUT2D eigenvalue weighted by Gasteiger charge is 2.41. The van der Waals surface area contributed by atoms with Gasteiger partial charge < -0.3 is 20.0 Å². The number of rotatable bonds is 7. The molecule has 1 saturated heterocycles. The van der Waals surface area contributed by atoms with E-state index in [1.165, 1.54) is 0 Å². The van der Waals surface area contributed by atoms with Crippen LogP contribution in [0, 0.1) is 6.92 Å². The van der Waals surface area contributed by atoms with E-state index in [1.54, 1.807) is 18.3 Å². The lowest BCUT2D eigenvalue weighted by Gasteiger charge is -2.25. The molecule has 1 aliphatic rings. The van der Waals surface area contributed by atoms with E-state index >= 15 is 0 Å². The molecule has 0 aliphatic carbocycles. The van der Waals surface area contributed by atoms with Crippen molar-refractivity contribution in [2.24, 2.45) is 0 Å². The van der Waals surface area contributed by atoms with E-state index in [-0.39, 0.29) is 24.4 Å². The molecule has 2 aromatic heterocycles. The maximum absolute atomic E-state index is 12.8. The molecular formula is C28H24Cl2N4O2S. The minimum absolute atomic E-state index is 0.0958. The van der Waals surface area contributed by atoms with Crippen LogP contribution < -0.4 is 10.6 Å². The molecule has 37 heavy (non-hydrogen) atoms.